The Balaban J connectivity index is 1.94. The number of amides is 1. The average Bonchev–Trinajstić information content (AvgIpc) is 2.39. The van der Waals surface area contributed by atoms with Crippen LogP contribution in [0.15, 0.2) is 22.7 Å². The molecular weight excluding hydrogens is 333 g/mol. The molecule has 104 valence electrons. The van der Waals surface area contributed by atoms with Gasteiger partial charge in [-0.1, -0.05) is 15.9 Å². The maximum Gasteiger partial charge on any atom is 0.254 e. The maximum atomic E-state index is 13.7. The molecule has 1 aliphatic rings. The van der Waals surface area contributed by atoms with E-state index in [1.165, 1.54) is 12.1 Å². The van der Waals surface area contributed by atoms with Crippen molar-refractivity contribution in [2.75, 3.05) is 5.88 Å². The second-order valence-corrected chi connectivity index (χ2v) is 6.19. The maximum absolute atomic E-state index is 13.7. The Kier molecular flexibility index (Phi) is 5.22. The molecule has 0 unspecified atom stereocenters. The van der Waals surface area contributed by atoms with Crippen molar-refractivity contribution in [3.05, 3.63) is 34.1 Å². The molecule has 19 heavy (non-hydrogen) atoms. The number of halogens is 3. The summed E-state index contributed by atoms with van der Waals surface area (Å²) in [5.41, 5.74) is 0.0997. The van der Waals surface area contributed by atoms with Crippen LogP contribution in [0.4, 0.5) is 4.39 Å². The van der Waals surface area contributed by atoms with Crippen LogP contribution in [0.2, 0.25) is 0 Å². The number of hydrogen-bond acceptors (Lipinski definition) is 1. The lowest BCUT2D eigenvalue weighted by atomic mass is 9.87. The largest absolute Gasteiger partial charge is 0.349 e. The first-order chi connectivity index (χ1) is 9.10. The van der Waals surface area contributed by atoms with E-state index in [1.54, 1.807) is 6.07 Å². The van der Waals surface area contributed by atoms with Gasteiger partial charge in [-0.3, -0.25) is 4.79 Å². The van der Waals surface area contributed by atoms with E-state index in [0.717, 1.165) is 25.7 Å². The average molecular weight is 349 g/mol. The predicted octanol–water partition coefficient (Wildman–Crippen LogP) is 4.12. The zero-order chi connectivity index (χ0) is 13.8. The summed E-state index contributed by atoms with van der Waals surface area (Å²) in [6.07, 6.45) is 3.89. The molecule has 0 saturated heterocycles. The highest BCUT2D eigenvalue weighted by atomic mass is 79.9. The van der Waals surface area contributed by atoms with Crippen LogP contribution in [0.5, 0.6) is 0 Å². The third-order valence-corrected chi connectivity index (χ3v) is 4.51. The van der Waals surface area contributed by atoms with Crippen molar-refractivity contribution >= 4 is 33.4 Å². The molecule has 1 amide bonds. The van der Waals surface area contributed by atoms with E-state index < -0.39 is 5.82 Å². The van der Waals surface area contributed by atoms with Gasteiger partial charge in [0.15, 0.2) is 0 Å². The highest BCUT2D eigenvalue weighted by Crippen LogP contribution is 2.25. The van der Waals surface area contributed by atoms with Gasteiger partial charge >= 0.3 is 0 Å². The molecule has 1 N–H and O–H groups in total. The zero-order valence-corrected chi connectivity index (χ0v) is 12.8. The van der Waals surface area contributed by atoms with E-state index in [9.17, 15) is 9.18 Å². The van der Waals surface area contributed by atoms with E-state index in [1.807, 2.05) is 0 Å². The van der Waals surface area contributed by atoms with Gasteiger partial charge in [0.2, 0.25) is 0 Å². The molecule has 0 heterocycles. The molecular formula is C14H16BrClFNO. The summed E-state index contributed by atoms with van der Waals surface area (Å²) in [6.45, 7) is 0. The normalized spacial score (nSPS) is 23.1. The van der Waals surface area contributed by atoms with E-state index in [-0.39, 0.29) is 17.5 Å². The summed E-state index contributed by atoms with van der Waals surface area (Å²) in [6, 6.07) is 4.61. The van der Waals surface area contributed by atoms with Gasteiger partial charge in [0.1, 0.15) is 5.82 Å². The summed E-state index contributed by atoms with van der Waals surface area (Å²) in [7, 11) is 0. The van der Waals surface area contributed by atoms with Crippen LogP contribution in [0.1, 0.15) is 36.0 Å². The van der Waals surface area contributed by atoms with E-state index in [0.29, 0.717) is 16.3 Å². The van der Waals surface area contributed by atoms with Crippen LogP contribution in [0.25, 0.3) is 0 Å². The standard InChI is InChI=1S/C14H16BrClFNO/c15-10-3-6-12(13(17)7-10)14(19)18-11-4-1-9(8-16)2-5-11/h3,6-7,9,11H,1-2,4-5,8H2,(H,18,19). The van der Waals surface area contributed by atoms with Gasteiger partial charge in [-0.25, -0.2) is 4.39 Å². The number of alkyl halides is 1. The van der Waals surface area contributed by atoms with Crippen molar-refractivity contribution in [2.45, 2.75) is 31.7 Å². The van der Waals surface area contributed by atoms with Gasteiger partial charge in [0, 0.05) is 16.4 Å². The fourth-order valence-electron chi connectivity index (χ4n) is 2.40. The molecule has 0 aromatic heterocycles. The predicted molar refractivity (Wildman–Crippen MR) is 78.0 cm³/mol. The molecule has 0 atom stereocenters. The summed E-state index contributed by atoms with van der Waals surface area (Å²) < 4.78 is 14.3. The molecule has 2 rings (SSSR count). The minimum Gasteiger partial charge on any atom is -0.349 e. The topological polar surface area (TPSA) is 29.1 Å². The summed E-state index contributed by atoms with van der Waals surface area (Å²) in [5.74, 6) is 0.405. The van der Waals surface area contributed by atoms with Crippen molar-refractivity contribution in [1.82, 2.24) is 5.32 Å². The Morgan fingerprint density at radius 1 is 1.37 bits per heavy atom. The Morgan fingerprint density at radius 3 is 2.63 bits per heavy atom. The van der Waals surface area contributed by atoms with Crippen molar-refractivity contribution in [2.24, 2.45) is 5.92 Å². The van der Waals surface area contributed by atoms with Gasteiger partial charge in [-0.15, -0.1) is 11.6 Å². The molecule has 1 saturated carbocycles. The van der Waals surface area contributed by atoms with Crippen LogP contribution in [-0.2, 0) is 0 Å². The molecule has 0 aliphatic heterocycles. The van der Waals surface area contributed by atoms with Crippen molar-refractivity contribution < 1.29 is 9.18 Å². The lowest BCUT2D eigenvalue weighted by molar-refractivity contribution is 0.0919. The number of carbonyl (C=O) groups excluding carboxylic acids is 1. The fourth-order valence-corrected chi connectivity index (χ4v) is 3.04. The molecule has 1 fully saturated rings. The molecule has 1 aliphatic carbocycles. The lowest BCUT2D eigenvalue weighted by Gasteiger charge is -2.27. The number of nitrogens with one attached hydrogen (secondary N) is 1. The van der Waals surface area contributed by atoms with Gasteiger partial charge in [-0.2, -0.15) is 0 Å². The van der Waals surface area contributed by atoms with E-state index in [4.69, 9.17) is 11.6 Å². The van der Waals surface area contributed by atoms with Crippen LogP contribution in [-0.4, -0.2) is 17.8 Å². The first kappa shape index (κ1) is 14.8. The molecule has 2 nitrogen and oxygen atoms in total. The van der Waals surface area contributed by atoms with Gasteiger partial charge in [-0.05, 0) is 49.8 Å². The lowest BCUT2D eigenvalue weighted by Crippen LogP contribution is -2.38. The quantitative estimate of drug-likeness (QED) is 0.818. The van der Waals surface area contributed by atoms with Crippen molar-refractivity contribution in [3.63, 3.8) is 0 Å². The molecule has 0 spiro atoms. The number of carbonyl (C=O) groups is 1. The Bertz CT molecular complexity index is 461. The highest BCUT2D eigenvalue weighted by molar-refractivity contribution is 9.10. The Morgan fingerprint density at radius 2 is 2.05 bits per heavy atom. The zero-order valence-electron chi connectivity index (χ0n) is 10.5. The minimum absolute atomic E-state index is 0.0997. The monoisotopic (exact) mass is 347 g/mol. The highest BCUT2D eigenvalue weighted by Gasteiger charge is 2.23. The fraction of sp³-hybridized carbons (Fsp3) is 0.500. The molecule has 1 aromatic rings. The molecule has 5 heteroatoms. The number of rotatable bonds is 3. The van der Waals surface area contributed by atoms with Crippen molar-refractivity contribution in [1.29, 1.82) is 0 Å². The Hall–Kier alpha value is -0.610. The van der Waals surface area contributed by atoms with Crippen LogP contribution >= 0.6 is 27.5 Å². The van der Waals surface area contributed by atoms with E-state index >= 15 is 0 Å². The summed E-state index contributed by atoms with van der Waals surface area (Å²) in [5, 5.41) is 2.90. The Labute approximate surface area is 125 Å². The van der Waals surface area contributed by atoms with Crippen LogP contribution in [0.3, 0.4) is 0 Å². The second-order valence-electron chi connectivity index (χ2n) is 4.97. The van der Waals surface area contributed by atoms with Gasteiger partial charge in [0.25, 0.3) is 5.91 Å². The van der Waals surface area contributed by atoms with Crippen LogP contribution in [0, 0.1) is 11.7 Å². The van der Waals surface area contributed by atoms with Gasteiger partial charge in [0.05, 0.1) is 5.56 Å². The van der Waals surface area contributed by atoms with Crippen molar-refractivity contribution in [3.8, 4) is 0 Å². The molecule has 0 radical (unpaired) electrons. The third-order valence-electron chi connectivity index (χ3n) is 3.58. The van der Waals surface area contributed by atoms with Gasteiger partial charge < -0.3 is 5.32 Å². The summed E-state index contributed by atoms with van der Waals surface area (Å²) >= 11 is 9.00. The third kappa shape index (κ3) is 3.93. The molecule has 0 bridgehead atoms. The molecule has 1 aromatic carbocycles. The second kappa shape index (κ2) is 6.71. The number of benzene rings is 1. The summed E-state index contributed by atoms with van der Waals surface area (Å²) in [4.78, 5) is 12.0. The SMILES string of the molecule is O=C(NC1CCC(CCl)CC1)c1ccc(Br)cc1F. The smallest absolute Gasteiger partial charge is 0.254 e. The minimum atomic E-state index is -0.499. The van der Waals surface area contributed by atoms with E-state index in [2.05, 4.69) is 21.2 Å². The first-order valence-corrected chi connectivity index (χ1v) is 7.74. The van der Waals surface area contributed by atoms with Crippen LogP contribution < -0.4 is 5.32 Å². The number of hydrogen-bond donors (Lipinski definition) is 1. The first-order valence-electron chi connectivity index (χ1n) is 6.42.